The van der Waals surface area contributed by atoms with E-state index in [0.717, 1.165) is 30.9 Å². The molecule has 104 valence electrons. The van der Waals surface area contributed by atoms with E-state index in [0.29, 0.717) is 6.79 Å². The van der Waals surface area contributed by atoms with Gasteiger partial charge in [0.25, 0.3) is 0 Å². The summed E-state index contributed by atoms with van der Waals surface area (Å²) in [4.78, 5) is 0. The first kappa shape index (κ1) is 12.9. The average Bonchev–Trinajstić information content (AvgIpc) is 3.27. The summed E-state index contributed by atoms with van der Waals surface area (Å²) >= 11 is 0. The van der Waals surface area contributed by atoms with Crippen LogP contribution >= 0.6 is 0 Å². The first-order valence-electron chi connectivity index (χ1n) is 7.35. The smallest absolute Gasteiger partial charge is 0.189 e. The minimum absolute atomic E-state index is 0.371. The lowest BCUT2D eigenvalue weighted by atomic mass is 10.1. The molecule has 0 spiro atoms. The summed E-state index contributed by atoms with van der Waals surface area (Å²) in [6, 6.07) is 7.07. The lowest BCUT2D eigenvalue weighted by molar-refractivity contribution is 0.00941. The van der Waals surface area contributed by atoms with E-state index in [1.165, 1.54) is 36.8 Å². The summed E-state index contributed by atoms with van der Waals surface area (Å²) in [5.74, 6) is 1.74. The molecule has 0 saturated heterocycles. The van der Waals surface area contributed by atoms with E-state index in [4.69, 9.17) is 9.47 Å². The van der Waals surface area contributed by atoms with Crippen molar-refractivity contribution in [1.82, 2.24) is 5.32 Å². The van der Waals surface area contributed by atoms with Gasteiger partial charge in [-0.25, -0.2) is 0 Å². The predicted molar refractivity (Wildman–Crippen MR) is 75.2 cm³/mol. The van der Waals surface area contributed by atoms with Gasteiger partial charge < -0.3 is 14.8 Å². The van der Waals surface area contributed by atoms with Crippen LogP contribution in [0, 0.1) is 12.8 Å². The first-order valence-corrected chi connectivity index (χ1v) is 7.35. The fourth-order valence-corrected chi connectivity index (χ4v) is 2.13. The molecule has 2 saturated carbocycles. The highest BCUT2D eigenvalue weighted by atomic mass is 16.7. The van der Waals surface area contributed by atoms with Gasteiger partial charge in [0, 0.05) is 18.2 Å². The van der Waals surface area contributed by atoms with Crippen LogP contribution in [0.25, 0.3) is 0 Å². The molecule has 2 aliphatic carbocycles. The third-order valence-electron chi connectivity index (χ3n) is 3.72. The molecule has 0 bridgehead atoms. The van der Waals surface area contributed by atoms with Crippen LogP contribution in [0.2, 0.25) is 0 Å². The van der Waals surface area contributed by atoms with Crippen LogP contribution in [0.15, 0.2) is 18.2 Å². The van der Waals surface area contributed by atoms with Crippen molar-refractivity contribution in [3.63, 3.8) is 0 Å². The topological polar surface area (TPSA) is 30.5 Å². The summed E-state index contributed by atoms with van der Waals surface area (Å²) in [7, 11) is 0. The molecule has 3 rings (SSSR count). The van der Waals surface area contributed by atoms with Crippen molar-refractivity contribution >= 4 is 0 Å². The molecule has 2 aliphatic rings. The van der Waals surface area contributed by atoms with E-state index in [-0.39, 0.29) is 0 Å². The summed E-state index contributed by atoms with van der Waals surface area (Å²) in [6.45, 7) is 4.23. The van der Waals surface area contributed by atoms with Gasteiger partial charge in [0.2, 0.25) is 0 Å². The number of hydrogen-bond acceptors (Lipinski definition) is 3. The molecule has 0 aliphatic heterocycles. The molecule has 0 radical (unpaired) electrons. The largest absolute Gasteiger partial charge is 0.467 e. The fourth-order valence-electron chi connectivity index (χ4n) is 2.13. The molecular formula is C16H23NO2. The molecular weight excluding hydrogens is 238 g/mol. The van der Waals surface area contributed by atoms with E-state index >= 15 is 0 Å². The van der Waals surface area contributed by atoms with Crippen LogP contribution in [-0.4, -0.2) is 19.4 Å². The number of ether oxygens (including phenoxy) is 2. The summed E-state index contributed by atoms with van der Waals surface area (Å²) < 4.78 is 11.3. The zero-order valence-electron chi connectivity index (χ0n) is 11.7. The lowest BCUT2D eigenvalue weighted by Gasteiger charge is -2.13. The van der Waals surface area contributed by atoms with Gasteiger partial charge in [-0.15, -0.1) is 0 Å². The van der Waals surface area contributed by atoms with Crippen LogP contribution in [0.5, 0.6) is 5.75 Å². The first-order chi connectivity index (χ1) is 9.31. The third kappa shape index (κ3) is 4.22. The van der Waals surface area contributed by atoms with Crippen molar-refractivity contribution in [2.75, 3.05) is 13.4 Å². The molecule has 0 heterocycles. The van der Waals surface area contributed by atoms with Gasteiger partial charge in [-0.05, 0) is 44.6 Å². The van der Waals surface area contributed by atoms with Crippen molar-refractivity contribution in [2.45, 2.75) is 45.2 Å². The lowest BCUT2D eigenvalue weighted by Crippen LogP contribution is -2.16. The molecule has 3 nitrogen and oxygen atoms in total. The molecule has 2 fully saturated rings. The van der Waals surface area contributed by atoms with Gasteiger partial charge in [0.1, 0.15) is 5.75 Å². The second-order valence-corrected chi connectivity index (χ2v) is 5.84. The van der Waals surface area contributed by atoms with Crippen LogP contribution < -0.4 is 10.1 Å². The maximum absolute atomic E-state index is 5.76. The van der Waals surface area contributed by atoms with Crippen LogP contribution in [-0.2, 0) is 11.3 Å². The van der Waals surface area contributed by atoms with E-state index in [9.17, 15) is 0 Å². The van der Waals surface area contributed by atoms with Crippen molar-refractivity contribution < 1.29 is 9.47 Å². The van der Waals surface area contributed by atoms with Gasteiger partial charge in [-0.1, -0.05) is 17.7 Å². The standard InChI is InChI=1S/C16H23NO2/c1-12-2-7-16(19-11-18-10-13-3-4-13)14(8-12)9-17-15-5-6-15/h2,7-8,13,15,17H,3-6,9-11H2,1H3. The van der Waals surface area contributed by atoms with Crippen molar-refractivity contribution in [3.8, 4) is 5.75 Å². The highest BCUT2D eigenvalue weighted by Crippen LogP contribution is 2.29. The maximum atomic E-state index is 5.76. The Morgan fingerprint density at radius 1 is 1.21 bits per heavy atom. The molecule has 1 aromatic carbocycles. The van der Waals surface area contributed by atoms with Crippen LogP contribution in [0.1, 0.15) is 36.8 Å². The highest BCUT2D eigenvalue weighted by molar-refractivity contribution is 5.36. The van der Waals surface area contributed by atoms with Crippen molar-refractivity contribution in [3.05, 3.63) is 29.3 Å². The molecule has 3 heteroatoms. The second kappa shape index (κ2) is 5.93. The van der Waals surface area contributed by atoms with Gasteiger partial charge >= 0.3 is 0 Å². The van der Waals surface area contributed by atoms with Crippen LogP contribution in [0.4, 0.5) is 0 Å². The Labute approximate surface area is 115 Å². The summed E-state index contributed by atoms with van der Waals surface area (Å²) in [5.41, 5.74) is 2.51. The zero-order chi connectivity index (χ0) is 13.1. The van der Waals surface area contributed by atoms with E-state index in [1.54, 1.807) is 0 Å². The second-order valence-electron chi connectivity index (χ2n) is 5.84. The monoisotopic (exact) mass is 261 g/mol. The Hall–Kier alpha value is -1.06. The van der Waals surface area contributed by atoms with E-state index in [2.05, 4.69) is 30.4 Å². The maximum Gasteiger partial charge on any atom is 0.189 e. The Morgan fingerprint density at radius 3 is 2.79 bits per heavy atom. The quantitative estimate of drug-likeness (QED) is 0.576. The fraction of sp³-hybridized carbons (Fsp3) is 0.625. The number of benzene rings is 1. The summed E-state index contributed by atoms with van der Waals surface area (Å²) in [5, 5.41) is 3.54. The summed E-state index contributed by atoms with van der Waals surface area (Å²) in [6.07, 6.45) is 5.27. The average molecular weight is 261 g/mol. The van der Waals surface area contributed by atoms with Gasteiger partial charge in [0.05, 0.1) is 6.61 Å². The van der Waals surface area contributed by atoms with Crippen molar-refractivity contribution in [1.29, 1.82) is 0 Å². The Bertz CT molecular complexity index is 425. The van der Waals surface area contributed by atoms with Gasteiger partial charge in [-0.3, -0.25) is 0 Å². The van der Waals surface area contributed by atoms with Crippen molar-refractivity contribution in [2.24, 2.45) is 5.92 Å². The van der Waals surface area contributed by atoms with Gasteiger partial charge in [0.15, 0.2) is 6.79 Å². The number of rotatable bonds is 8. The predicted octanol–water partition coefficient (Wildman–Crippen LogP) is 3.01. The number of hydrogen-bond donors (Lipinski definition) is 1. The molecule has 0 unspecified atom stereocenters. The Balaban J connectivity index is 1.51. The normalized spacial score (nSPS) is 18.6. The highest BCUT2D eigenvalue weighted by Gasteiger charge is 2.22. The van der Waals surface area contributed by atoms with E-state index in [1.807, 2.05) is 0 Å². The Morgan fingerprint density at radius 2 is 2.05 bits per heavy atom. The number of aryl methyl sites for hydroxylation is 1. The minimum atomic E-state index is 0.371. The molecule has 0 atom stereocenters. The third-order valence-corrected chi connectivity index (χ3v) is 3.72. The number of nitrogens with one attached hydrogen (secondary N) is 1. The molecule has 1 N–H and O–H groups in total. The SMILES string of the molecule is Cc1ccc(OCOCC2CC2)c(CNC2CC2)c1. The van der Waals surface area contributed by atoms with Crippen LogP contribution in [0.3, 0.4) is 0 Å². The minimum Gasteiger partial charge on any atom is -0.467 e. The van der Waals surface area contributed by atoms with Gasteiger partial charge in [-0.2, -0.15) is 0 Å². The molecule has 0 aromatic heterocycles. The molecule has 0 amide bonds. The molecule has 1 aromatic rings. The molecule has 19 heavy (non-hydrogen) atoms. The van der Waals surface area contributed by atoms with E-state index < -0.39 is 0 Å². The Kier molecular flexibility index (Phi) is 4.04. The zero-order valence-corrected chi connectivity index (χ0v) is 11.7.